The minimum absolute atomic E-state index is 0.0840. The molecule has 9 nitrogen and oxygen atoms in total. The number of carbonyl (C=O) groups is 1. The van der Waals surface area contributed by atoms with Crippen molar-refractivity contribution in [1.82, 2.24) is 5.43 Å². The number of hydrogen-bond acceptors (Lipinski definition) is 7. The average molecular weight is 472 g/mol. The summed E-state index contributed by atoms with van der Waals surface area (Å²) in [6.45, 7) is 0.170. The summed E-state index contributed by atoms with van der Waals surface area (Å²) >= 11 is 3.22. The Bertz CT molecular complexity index is 1160. The van der Waals surface area contributed by atoms with Crippen LogP contribution in [0, 0.1) is 10.1 Å². The molecule has 0 aliphatic carbocycles. The molecule has 0 fully saturated rings. The molecule has 1 amide bonds. The molecule has 0 unspecified atom stereocenters. The molecule has 0 atom stereocenters. The lowest BCUT2D eigenvalue weighted by molar-refractivity contribution is -0.384. The summed E-state index contributed by atoms with van der Waals surface area (Å²) < 4.78 is 16.7. The Hall–Kier alpha value is -3.66. The number of hydrazone groups is 1. The minimum Gasteiger partial charge on any atom is -0.455 e. The Morgan fingerprint density at radius 2 is 2.00 bits per heavy atom. The van der Waals surface area contributed by atoms with Gasteiger partial charge in [0.15, 0.2) is 11.5 Å². The number of furan rings is 1. The van der Waals surface area contributed by atoms with Crippen LogP contribution in [-0.2, 0) is 11.2 Å². The maximum Gasteiger partial charge on any atom is 0.281 e. The first-order chi connectivity index (χ1) is 14.5. The van der Waals surface area contributed by atoms with Crippen LogP contribution in [-0.4, -0.2) is 23.8 Å². The fourth-order valence-electron chi connectivity index (χ4n) is 2.87. The second kappa shape index (κ2) is 8.37. The number of amides is 1. The first-order valence-electron chi connectivity index (χ1n) is 8.74. The second-order valence-electron chi connectivity index (χ2n) is 6.28. The molecule has 1 aliphatic heterocycles. The van der Waals surface area contributed by atoms with E-state index in [2.05, 4.69) is 26.5 Å². The van der Waals surface area contributed by atoms with Gasteiger partial charge in [0.05, 0.1) is 23.1 Å². The second-order valence-corrected chi connectivity index (χ2v) is 7.19. The molecule has 0 saturated heterocycles. The molecule has 2 aromatic carbocycles. The van der Waals surface area contributed by atoms with E-state index in [0.717, 1.165) is 5.56 Å². The first kappa shape index (κ1) is 19.6. The smallest absolute Gasteiger partial charge is 0.281 e. The van der Waals surface area contributed by atoms with Crippen molar-refractivity contribution in [3.63, 3.8) is 0 Å². The molecule has 4 rings (SSSR count). The Kier molecular flexibility index (Phi) is 5.48. The van der Waals surface area contributed by atoms with E-state index in [1.807, 2.05) is 0 Å². The van der Waals surface area contributed by atoms with Crippen LogP contribution >= 0.6 is 15.9 Å². The van der Waals surface area contributed by atoms with Crippen molar-refractivity contribution >= 4 is 33.7 Å². The first-order valence-corrected chi connectivity index (χ1v) is 9.53. The van der Waals surface area contributed by atoms with Gasteiger partial charge in [-0.15, -0.1) is 0 Å². The van der Waals surface area contributed by atoms with Gasteiger partial charge in [0.2, 0.25) is 12.7 Å². The third-order valence-electron chi connectivity index (χ3n) is 4.23. The lowest BCUT2D eigenvalue weighted by Crippen LogP contribution is -2.19. The van der Waals surface area contributed by atoms with Gasteiger partial charge in [-0.2, -0.15) is 5.10 Å². The number of nitrogens with one attached hydrogen (secondary N) is 1. The van der Waals surface area contributed by atoms with Crippen LogP contribution in [0.1, 0.15) is 11.3 Å². The Morgan fingerprint density at radius 3 is 2.83 bits per heavy atom. The highest BCUT2D eigenvalue weighted by molar-refractivity contribution is 9.10. The number of ether oxygens (including phenoxy) is 2. The van der Waals surface area contributed by atoms with Crippen molar-refractivity contribution < 1.29 is 23.6 Å². The summed E-state index contributed by atoms with van der Waals surface area (Å²) in [6.07, 6.45) is 1.44. The van der Waals surface area contributed by atoms with Gasteiger partial charge < -0.3 is 13.9 Å². The number of benzene rings is 2. The molecule has 0 bridgehead atoms. The molecule has 1 aliphatic rings. The average Bonchev–Trinajstić information content (AvgIpc) is 3.37. The van der Waals surface area contributed by atoms with E-state index in [1.165, 1.54) is 12.3 Å². The highest BCUT2D eigenvalue weighted by Gasteiger charge is 2.18. The number of nitro groups is 1. The van der Waals surface area contributed by atoms with Crippen LogP contribution in [0.4, 0.5) is 5.69 Å². The molecule has 1 N–H and O–H groups in total. The third kappa shape index (κ3) is 4.33. The summed E-state index contributed by atoms with van der Waals surface area (Å²) in [5.74, 6) is 1.60. The van der Waals surface area contributed by atoms with E-state index in [9.17, 15) is 14.9 Å². The van der Waals surface area contributed by atoms with Crippen molar-refractivity contribution in [2.24, 2.45) is 5.10 Å². The SMILES string of the molecule is O=C(Cc1ccc2c(c1)OCO2)NN=Cc1ccc(-c2ccc(Br)cc2[N+](=O)[O-])o1. The lowest BCUT2D eigenvalue weighted by Gasteiger charge is -2.02. The quantitative estimate of drug-likeness (QED) is 0.329. The topological polar surface area (TPSA) is 116 Å². The Labute approximate surface area is 178 Å². The molecule has 10 heteroatoms. The third-order valence-corrected chi connectivity index (χ3v) is 4.72. The predicted molar refractivity (Wildman–Crippen MR) is 111 cm³/mol. The monoisotopic (exact) mass is 471 g/mol. The highest BCUT2D eigenvalue weighted by Crippen LogP contribution is 2.34. The van der Waals surface area contributed by atoms with E-state index in [1.54, 1.807) is 42.5 Å². The molecule has 0 radical (unpaired) electrons. The normalized spacial score (nSPS) is 12.3. The van der Waals surface area contributed by atoms with Gasteiger partial charge >= 0.3 is 0 Å². The van der Waals surface area contributed by atoms with E-state index in [4.69, 9.17) is 13.9 Å². The fourth-order valence-corrected chi connectivity index (χ4v) is 3.22. The maximum absolute atomic E-state index is 12.1. The molecular weight excluding hydrogens is 458 g/mol. The van der Waals surface area contributed by atoms with Crippen LogP contribution in [0.15, 0.2) is 62.5 Å². The van der Waals surface area contributed by atoms with Crippen LogP contribution in [0.2, 0.25) is 0 Å². The van der Waals surface area contributed by atoms with Gasteiger partial charge in [0.1, 0.15) is 11.5 Å². The van der Waals surface area contributed by atoms with Crippen LogP contribution in [0.3, 0.4) is 0 Å². The Morgan fingerprint density at radius 1 is 1.17 bits per heavy atom. The summed E-state index contributed by atoms with van der Waals surface area (Å²) in [6, 6.07) is 13.2. The van der Waals surface area contributed by atoms with E-state index < -0.39 is 4.92 Å². The molecule has 0 spiro atoms. The van der Waals surface area contributed by atoms with Crippen LogP contribution in [0.25, 0.3) is 11.3 Å². The fraction of sp³-hybridized carbons (Fsp3) is 0.100. The van der Waals surface area contributed by atoms with Gasteiger partial charge in [-0.25, -0.2) is 5.43 Å². The summed E-state index contributed by atoms with van der Waals surface area (Å²) in [7, 11) is 0. The van der Waals surface area contributed by atoms with E-state index >= 15 is 0 Å². The summed E-state index contributed by atoms with van der Waals surface area (Å²) in [5.41, 5.74) is 3.43. The largest absolute Gasteiger partial charge is 0.455 e. The zero-order valence-electron chi connectivity index (χ0n) is 15.3. The van der Waals surface area contributed by atoms with Gasteiger partial charge in [-0.05, 0) is 42.0 Å². The maximum atomic E-state index is 12.1. The van der Waals surface area contributed by atoms with E-state index in [0.29, 0.717) is 33.1 Å². The number of carbonyl (C=O) groups excluding carboxylic acids is 1. The van der Waals surface area contributed by atoms with Gasteiger partial charge in [-0.3, -0.25) is 14.9 Å². The number of hydrogen-bond donors (Lipinski definition) is 1. The standard InChI is InChI=1S/C20H14BrN3O6/c21-13-2-4-15(16(9-13)24(26)27)17-6-3-14(30-17)10-22-23-20(25)8-12-1-5-18-19(7-12)29-11-28-18/h1-7,9-10H,8,11H2,(H,23,25). The predicted octanol–water partition coefficient (Wildman–Crippen LogP) is 4.04. The molecule has 3 aromatic rings. The van der Waals surface area contributed by atoms with E-state index in [-0.39, 0.29) is 24.8 Å². The van der Waals surface area contributed by atoms with Gasteiger partial charge in [-0.1, -0.05) is 22.0 Å². The van der Waals surface area contributed by atoms with Crippen molar-refractivity contribution in [3.05, 3.63) is 74.4 Å². The van der Waals surface area contributed by atoms with Gasteiger partial charge in [0, 0.05) is 10.5 Å². The number of nitro benzene ring substituents is 1. The van der Waals surface area contributed by atoms with Crippen molar-refractivity contribution in [1.29, 1.82) is 0 Å². The Balaban J connectivity index is 1.39. The molecule has 152 valence electrons. The zero-order chi connectivity index (χ0) is 21.1. The minimum atomic E-state index is -0.479. The van der Waals surface area contributed by atoms with Crippen LogP contribution in [0.5, 0.6) is 11.5 Å². The number of halogens is 1. The van der Waals surface area contributed by atoms with Crippen LogP contribution < -0.4 is 14.9 Å². The number of nitrogens with zero attached hydrogens (tertiary/aromatic N) is 2. The molecule has 30 heavy (non-hydrogen) atoms. The highest BCUT2D eigenvalue weighted by atomic mass is 79.9. The molecule has 0 saturated carbocycles. The zero-order valence-corrected chi connectivity index (χ0v) is 16.9. The summed E-state index contributed by atoms with van der Waals surface area (Å²) in [4.78, 5) is 22.9. The van der Waals surface area contributed by atoms with Crippen molar-refractivity contribution in [3.8, 4) is 22.8 Å². The molecular formula is C20H14BrN3O6. The van der Waals surface area contributed by atoms with Crippen molar-refractivity contribution in [2.45, 2.75) is 6.42 Å². The number of fused-ring (bicyclic) bond motifs is 1. The lowest BCUT2D eigenvalue weighted by atomic mass is 10.1. The van der Waals surface area contributed by atoms with Crippen molar-refractivity contribution in [2.75, 3.05) is 6.79 Å². The number of rotatable bonds is 6. The molecule has 2 heterocycles. The molecule has 1 aromatic heterocycles. The van der Waals surface area contributed by atoms with Gasteiger partial charge in [0.25, 0.3) is 5.69 Å². The summed E-state index contributed by atoms with van der Waals surface area (Å²) in [5, 5.41) is 15.1.